The molecule has 0 fully saturated rings. The lowest BCUT2D eigenvalue weighted by Crippen LogP contribution is -2.33. The van der Waals surface area contributed by atoms with Crippen molar-refractivity contribution in [2.24, 2.45) is 5.73 Å². The molecular weight excluding hydrogens is 636 g/mol. The molecule has 0 aliphatic carbocycles. The second-order valence-corrected chi connectivity index (χ2v) is 12.5. The van der Waals surface area contributed by atoms with Gasteiger partial charge in [-0.15, -0.1) is 0 Å². The summed E-state index contributed by atoms with van der Waals surface area (Å²) in [6.07, 6.45) is 1.33. The standard InChI is InChI=1S/C18H22N2O.C14H11ClO.C8H18N2O2/c1-19-13-8-14-20-18(21)17(15-9-4-2-5-10-15)16-11-6-3-7-12-16;15-14(16)13(11-7-3-1-4-8-11)12-9-5-2-6-10-12;1-8(2,3)12-7(11)10-6-4-5-9/h2-7,9-12,17,19H,8,13-14H2,1H3,(H,20,21);1-10,13H;4-6,9H2,1-3H3,(H,10,11). The van der Waals surface area contributed by atoms with Crippen LogP contribution in [0.5, 0.6) is 0 Å². The van der Waals surface area contributed by atoms with E-state index in [9.17, 15) is 14.4 Å². The molecule has 0 radical (unpaired) electrons. The molecule has 0 spiro atoms. The van der Waals surface area contributed by atoms with E-state index in [1.165, 1.54) is 0 Å². The smallest absolute Gasteiger partial charge is 0.407 e. The van der Waals surface area contributed by atoms with Crippen LogP contribution in [0.15, 0.2) is 121 Å². The molecule has 8 nitrogen and oxygen atoms in total. The third kappa shape index (κ3) is 16.4. The van der Waals surface area contributed by atoms with Gasteiger partial charge in [0.05, 0.1) is 11.8 Å². The minimum Gasteiger partial charge on any atom is -0.444 e. The van der Waals surface area contributed by atoms with Crippen LogP contribution in [0.3, 0.4) is 0 Å². The monoisotopic (exact) mass is 686 g/mol. The molecule has 0 unspecified atom stereocenters. The zero-order valence-corrected chi connectivity index (χ0v) is 29.8. The fraction of sp³-hybridized carbons (Fsp3) is 0.325. The highest BCUT2D eigenvalue weighted by atomic mass is 35.5. The Bertz CT molecular complexity index is 1410. The van der Waals surface area contributed by atoms with Gasteiger partial charge in [0.15, 0.2) is 0 Å². The molecule has 49 heavy (non-hydrogen) atoms. The molecule has 0 heterocycles. The normalized spacial score (nSPS) is 10.6. The quantitative estimate of drug-likeness (QED) is 0.0889. The molecule has 2 amide bonds. The summed E-state index contributed by atoms with van der Waals surface area (Å²) >= 11 is 5.67. The number of nitrogens with two attached hydrogens (primary N) is 1. The van der Waals surface area contributed by atoms with Gasteiger partial charge in [0.1, 0.15) is 5.60 Å². The van der Waals surface area contributed by atoms with Crippen LogP contribution < -0.4 is 21.7 Å². The van der Waals surface area contributed by atoms with Crippen LogP contribution in [0.2, 0.25) is 0 Å². The third-order valence-electron chi connectivity index (χ3n) is 6.97. The number of ether oxygens (including phenoxy) is 1. The molecule has 4 rings (SSSR count). The molecule has 0 bridgehead atoms. The molecule has 0 aromatic heterocycles. The van der Waals surface area contributed by atoms with Gasteiger partial charge >= 0.3 is 6.09 Å². The predicted molar refractivity (Wildman–Crippen MR) is 200 cm³/mol. The maximum Gasteiger partial charge on any atom is 0.407 e. The largest absolute Gasteiger partial charge is 0.444 e. The van der Waals surface area contributed by atoms with Gasteiger partial charge in [0.2, 0.25) is 11.1 Å². The van der Waals surface area contributed by atoms with Crippen molar-refractivity contribution < 1.29 is 19.1 Å². The van der Waals surface area contributed by atoms with E-state index in [1.54, 1.807) is 0 Å². The first-order valence-corrected chi connectivity index (χ1v) is 16.9. The van der Waals surface area contributed by atoms with Crippen LogP contribution in [-0.4, -0.2) is 56.1 Å². The van der Waals surface area contributed by atoms with E-state index in [0.29, 0.717) is 19.6 Å². The van der Waals surface area contributed by atoms with Crippen molar-refractivity contribution in [2.45, 2.75) is 51.0 Å². The number of hydrogen-bond donors (Lipinski definition) is 4. The number of rotatable bonds is 13. The maximum absolute atomic E-state index is 12.6. The van der Waals surface area contributed by atoms with Crippen LogP contribution in [0, 0.1) is 0 Å². The van der Waals surface area contributed by atoms with Crippen molar-refractivity contribution in [3.63, 3.8) is 0 Å². The third-order valence-corrected chi connectivity index (χ3v) is 7.19. The second kappa shape index (κ2) is 23.0. The molecule has 4 aromatic rings. The first-order chi connectivity index (χ1) is 23.6. The van der Waals surface area contributed by atoms with Crippen LogP contribution in [-0.2, 0) is 14.3 Å². The molecule has 0 saturated carbocycles. The summed E-state index contributed by atoms with van der Waals surface area (Å²) in [5.74, 6) is -0.561. The van der Waals surface area contributed by atoms with E-state index < -0.39 is 5.60 Å². The number of benzene rings is 4. The molecule has 9 heteroatoms. The van der Waals surface area contributed by atoms with Gasteiger partial charge < -0.3 is 26.4 Å². The minimum absolute atomic E-state index is 0.0588. The molecule has 5 N–H and O–H groups in total. The van der Waals surface area contributed by atoms with Gasteiger partial charge in [-0.25, -0.2) is 4.79 Å². The zero-order valence-electron chi connectivity index (χ0n) is 29.0. The lowest BCUT2D eigenvalue weighted by molar-refractivity contribution is -0.121. The van der Waals surface area contributed by atoms with Gasteiger partial charge in [0.25, 0.3) is 0 Å². The summed E-state index contributed by atoms with van der Waals surface area (Å²) in [7, 11) is 1.92. The molecule has 262 valence electrons. The van der Waals surface area contributed by atoms with Crippen LogP contribution in [0.25, 0.3) is 0 Å². The topological polar surface area (TPSA) is 123 Å². The molecule has 4 aromatic carbocycles. The van der Waals surface area contributed by atoms with E-state index in [1.807, 2.05) is 149 Å². The molecule has 0 saturated heterocycles. The Morgan fingerprint density at radius 1 is 0.633 bits per heavy atom. The average molecular weight is 687 g/mol. The van der Waals surface area contributed by atoms with Gasteiger partial charge in [-0.05, 0) is 87.6 Å². The highest BCUT2D eigenvalue weighted by Gasteiger charge is 2.22. The van der Waals surface area contributed by atoms with E-state index in [4.69, 9.17) is 22.1 Å². The summed E-state index contributed by atoms with van der Waals surface area (Å²) in [4.78, 5) is 35.0. The highest BCUT2D eigenvalue weighted by Crippen LogP contribution is 2.27. The predicted octanol–water partition coefficient (Wildman–Crippen LogP) is 6.99. The molecule has 0 aliphatic heterocycles. The SMILES string of the molecule is CC(C)(C)OC(=O)NCCCN.CNCCCNC(=O)C(c1ccccc1)c1ccccc1.O=C(Cl)C(c1ccccc1)c1ccccc1. The second-order valence-electron chi connectivity index (χ2n) is 12.1. The number of halogens is 1. The van der Waals surface area contributed by atoms with Gasteiger partial charge in [-0.3, -0.25) is 9.59 Å². The Morgan fingerprint density at radius 2 is 1.02 bits per heavy atom. The lowest BCUT2D eigenvalue weighted by Gasteiger charge is -2.19. The first kappa shape index (κ1) is 40.7. The summed E-state index contributed by atoms with van der Waals surface area (Å²) < 4.78 is 4.99. The van der Waals surface area contributed by atoms with E-state index in [-0.39, 0.29) is 29.1 Å². The van der Waals surface area contributed by atoms with E-state index in [2.05, 4.69) is 16.0 Å². The number of carbonyl (C=O) groups is 3. The van der Waals surface area contributed by atoms with Gasteiger partial charge in [0, 0.05) is 13.1 Å². The molecule has 0 atom stereocenters. The zero-order chi connectivity index (χ0) is 35.9. The van der Waals surface area contributed by atoms with Gasteiger partial charge in [-0.2, -0.15) is 0 Å². The van der Waals surface area contributed by atoms with Crippen molar-refractivity contribution in [1.29, 1.82) is 0 Å². The lowest BCUT2D eigenvalue weighted by atomic mass is 9.90. The number of carbonyl (C=O) groups excluding carboxylic acids is 3. The summed E-state index contributed by atoms with van der Waals surface area (Å²) in [5.41, 5.74) is 8.72. The van der Waals surface area contributed by atoms with Crippen molar-refractivity contribution >= 4 is 28.8 Å². The first-order valence-electron chi connectivity index (χ1n) is 16.6. The van der Waals surface area contributed by atoms with E-state index >= 15 is 0 Å². The number of alkyl carbamates (subject to hydrolysis) is 1. The Kier molecular flexibility index (Phi) is 19.1. The van der Waals surface area contributed by atoms with Crippen molar-refractivity contribution in [2.75, 3.05) is 33.2 Å². The fourth-order valence-corrected chi connectivity index (χ4v) is 4.97. The highest BCUT2D eigenvalue weighted by molar-refractivity contribution is 6.65. The number of hydrogen-bond acceptors (Lipinski definition) is 6. The minimum atomic E-state index is -0.424. The summed E-state index contributed by atoms with van der Waals surface area (Å²) in [6.45, 7) is 8.24. The van der Waals surface area contributed by atoms with Gasteiger partial charge in [-0.1, -0.05) is 121 Å². The molecular formula is C40H51ClN4O4. The Labute approximate surface area is 296 Å². The summed E-state index contributed by atoms with van der Waals surface area (Å²) in [6, 6.07) is 39.0. The average Bonchev–Trinajstić information content (AvgIpc) is 3.09. The molecule has 0 aliphatic rings. The maximum atomic E-state index is 12.6. The fourth-order valence-electron chi connectivity index (χ4n) is 4.72. The van der Waals surface area contributed by atoms with Crippen LogP contribution in [0.4, 0.5) is 4.79 Å². The summed E-state index contributed by atoms with van der Waals surface area (Å²) in [5, 5.41) is 8.37. The number of amides is 2. The van der Waals surface area contributed by atoms with Crippen LogP contribution >= 0.6 is 11.6 Å². The van der Waals surface area contributed by atoms with Crippen molar-refractivity contribution in [3.8, 4) is 0 Å². The van der Waals surface area contributed by atoms with Crippen molar-refractivity contribution in [3.05, 3.63) is 144 Å². The number of nitrogens with one attached hydrogen (secondary N) is 3. The Balaban J connectivity index is 0.000000266. The Morgan fingerprint density at radius 3 is 1.37 bits per heavy atom. The Hall–Kier alpha value is -4.50. The van der Waals surface area contributed by atoms with Crippen LogP contribution in [0.1, 0.15) is 67.7 Å². The van der Waals surface area contributed by atoms with E-state index in [0.717, 1.165) is 41.6 Å². The van der Waals surface area contributed by atoms with Crippen molar-refractivity contribution in [1.82, 2.24) is 16.0 Å².